The van der Waals surface area contributed by atoms with Crippen molar-refractivity contribution >= 4 is 28.3 Å². The number of aromatic nitrogens is 2. The molecule has 0 saturated carbocycles. The molecule has 31 heavy (non-hydrogen) atoms. The Morgan fingerprint density at radius 3 is 2.58 bits per heavy atom. The fraction of sp³-hybridized carbons (Fsp3) is 0.208. The number of carbonyl (C=O) groups excluding carboxylic acids is 1. The number of carbonyl (C=O) groups is 1. The van der Waals surface area contributed by atoms with Gasteiger partial charge in [-0.3, -0.25) is 4.79 Å². The van der Waals surface area contributed by atoms with Gasteiger partial charge >= 0.3 is 0 Å². The molecular weight excluding hydrogens is 392 g/mol. The Hall–Kier alpha value is -3.71. The van der Waals surface area contributed by atoms with Crippen molar-refractivity contribution in [2.24, 2.45) is 0 Å². The molecule has 4 rings (SSSR count). The summed E-state index contributed by atoms with van der Waals surface area (Å²) in [4.78, 5) is 24.0. The SMILES string of the molecule is COCCN(CCC(=O)Nc1ccccc1)c1nc(-c2ccco2)nc2ccccc12. The number of rotatable bonds is 9. The van der Waals surface area contributed by atoms with E-state index in [0.717, 1.165) is 22.4 Å². The zero-order valence-electron chi connectivity index (χ0n) is 17.3. The lowest BCUT2D eigenvalue weighted by Gasteiger charge is -2.25. The largest absolute Gasteiger partial charge is 0.461 e. The summed E-state index contributed by atoms with van der Waals surface area (Å²) >= 11 is 0. The summed E-state index contributed by atoms with van der Waals surface area (Å²) in [6.45, 7) is 1.59. The van der Waals surface area contributed by atoms with Gasteiger partial charge in [-0.05, 0) is 36.4 Å². The highest BCUT2D eigenvalue weighted by Gasteiger charge is 2.17. The minimum atomic E-state index is -0.0572. The van der Waals surface area contributed by atoms with E-state index in [1.54, 1.807) is 13.4 Å². The van der Waals surface area contributed by atoms with E-state index in [9.17, 15) is 4.79 Å². The third kappa shape index (κ3) is 5.07. The highest BCUT2D eigenvalue weighted by molar-refractivity contribution is 5.92. The van der Waals surface area contributed by atoms with Crippen LogP contribution in [0, 0.1) is 0 Å². The number of para-hydroxylation sites is 2. The van der Waals surface area contributed by atoms with Gasteiger partial charge < -0.3 is 19.4 Å². The third-order valence-electron chi connectivity index (χ3n) is 4.86. The predicted molar refractivity (Wildman–Crippen MR) is 121 cm³/mol. The van der Waals surface area contributed by atoms with Crippen LogP contribution in [0.2, 0.25) is 0 Å². The van der Waals surface area contributed by atoms with E-state index in [1.165, 1.54) is 0 Å². The predicted octanol–water partition coefficient (Wildman–Crippen LogP) is 4.37. The van der Waals surface area contributed by atoms with Gasteiger partial charge in [-0.25, -0.2) is 9.97 Å². The standard InChI is InChI=1S/C24H24N4O3/c1-30-17-15-28(14-13-22(29)25-18-8-3-2-4-9-18)24-19-10-5-6-11-20(19)26-23(27-24)21-12-7-16-31-21/h2-12,16H,13-15,17H2,1H3,(H,25,29). The zero-order valence-corrected chi connectivity index (χ0v) is 17.3. The molecule has 0 spiro atoms. The van der Waals surface area contributed by atoms with Crippen LogP contribution in [0.5, 0.6) is 0 Å². The summed E-state index contributed by atoms with van der Waals surface area (Å²) in [5.74, 6) is 1.80. The molecule has 1 amide bonds. The number of furan rings is 1. The van der Waals surface area contributed by atoms with Gasteiger partial charge in [0, 0.05) is 37.7 Å². The van der Waals surface area contributed by atoms with Gasteiger partial charge in [0.1, 0.15) is 5.82 Å². The molecule has 0 atom stereocenters. The summed E-state index contributed by atoms with van der Waals surface area (Å²) in [5.41, 5.74) is 1.60. The maximum Gasteiger partial charge on any atom is 0.226 e. The van der Waals surface area contributed by atoms with Crippen molar-refractivity contribution in [1.29, 1.82) is 0 Å². The molecule has 0 radical (unpaired) electrons. The summed E-state index contributed by atoms with van der Waals surface area (Å²) in [6.07, 6.45) is 1.91. The zero-order chi connectivity index (χ0) is 21.5. The van der Waals surface area contributed by atoms with E-state index >= 15 is 0 Å². The maximum absolute atomic E-state index is 12.5. The maximum atomic E-state index is 12.5. The second kappa shape index (κ2) is 9.86. The molecule has 0 fully saturated rings. The number of fused-ring (bicyclic) bond motifs is 1. The van der Waals surface area contributed by atoms with Crippen molar-refractivity contribution in [2.45, 2.75) is 6.42 Å². The summed E-state index contributed by atoms with van der Waals surface area (Å²) < 4.78 is 10.8. The fourth-order valence-corrected chi connectivity index (χ4v) is 3.32. The smallest absolute Gasteiger partial charge is 0.226 e. The minimum Gasteiger partial charge on any atom is -0.461 e. The molecular formula is C24H24N4O3. The highest BCUT2D eigenvalue weighted by Crippen LogP contribution is 2.28. The summed E-state index contributed by atoms with van der Waals surface area (Å²) in [7, 11) is 1.66. The van der Waals surface area contributed by atoms with Crippen LogP contribution < -0.4 is 10.2 Å². The normalized spacial score (nSPS) is 10.9. The Labute approximate surface area is 180 Å². The van der Waals surface area contributed by atoms with Gasteiger partial charge in [0.25, 0.3) is 0 Å². The van der Waals surface area contributed by atoms with Crippen LogP contribution in [0.1, 0.15) is 6.42 Å². The van der Waals surface area contributed by atoms with Crippen LogP contribution in [0.3, 0.4) is 0 Å². The lowest BCUT2D eigenvalue weighted by molar-refractivity contribution is -0.116. The van der Waals surface area contributed by atoms with Crippen LogP contribution in [0.4, 0.5) is 11.5 Å². The number of anilines is 2. The molecule has 0 bridgehead atoms. The molecule has 1 N–H and O–H groups in total. The molecule has 2 heterocycles. The Bertz CT molecular complexity index is 1130. The summed E-state index contributed by atoms with van der Waals surface area (Å²) in [6, 6.07) is 20.9. The number of nitrogens with one attached hydrogen (secondary N) is 1. The Morgan fingerprint density at radius 1 is 1.00 bits per heavy atom. The highest BCUT2D eigenvalue weighted by atomic mass is 16.5. The molecule has 7 nitrogen and oxygen atoms in total. The molecule has 2 aromatic carbocycles. The fourth-order valence-electron chi connectivity index (χ4n) is 3.32. The molecule has 0 aliphatic heterocycles. The molecule has 158 valence electrons. The first kappa shape index (κ1) is 20.6. The first-order chi connectivity index (χ1) is 15.2. The second-order valence-corrected chi connectivity index (χ2v) is 7.01. The van der Waals surface area contributed by atoms with Gasteiger partial charge in [0.05, 0.1) is 18.4 Å². The minimum absolute atomic E-state index is 0.0572. The van der Waals surface area contributed by atoms with E-state index in [-0.39, 0.29) is 5.91 Å². The number of benzene rings is 2. The van der Waals surface area contributed by atoms with Crippen molar-refractivity contribution in [1.82, 2.24) is 9.97 Å². The number of methoxy groups -OCH3 is 1. The first-order valence-electron chi connectivity index (χ1n) is 10.1. The number of hydrogen-bond acceptors (Lipinski definition) is 6. The van der Waals surface area contributed by atoms with E-state index < -0.39 is 0 Å². The van der Waals surface area contributed by atoms with Gasteiger partial charge in [0.2, 0.25) is 5.91 Å². The van der Waals surface area contributed by atoms with Gasteiger partial charge in [-0.1, -0.05) is 30.3 Å². The van der Waals surface area contributed by atoms with Crippen LogP contribution in [0.15, 0.2) is 77.4 Å². The average molecular weight is 416 g/mol. The van der Waals surface area contributed by atoms with E-state index in [2.05, 4.69) is 15.2 Å². The topological polar surface area (TPSA) is 80.5 Å². The Morgan fingerprint density at radius 2 is 1.81 bits per heavy atom. The van der Waals surface area contributed by atoms with Crippen LogP contribution in [-0.2, 0) is 9.53 Å². The van der Waals surface area contributed by atoms with Crippen molar-refractivity contribution in [3.8, 4) is 11.6 Å². The molecule has 0 aliphatic rings. The van der Waals surface area contributed by atoms with Gasteiger partial charge in [0.15, 0.2) is 11.6 Å². The van der Waals surface area contributed by atoms with Crippen LogP contribution in [0.25, 0.3) is 22.5 Å². The molecule has 0 saturated heterocycles. The van der Waals surface area contributed by atoms with Crippen molar-refractivity contribution in [2.75, 3.05) is 37.0 Å². The number of nitrogens with zero attached hydrogens (tertiary/aromatic N) is 3. The van der Waals surface area contributed by atoms with Crippen LogP contribution >= 0.6 is 0 Å². The molecule has 2 aromatic heterocycles. The van der Waals surface area contributed by atoms with E-state index in [4.69, 9.17) is 14.1 Å². The van der Waals surface area contributed by atoms with Crippen molar-refractivity contribution in [3.63, 3.8) is 0 Å². The average Bonchev–Trinajstić information content (AvgIpc) is 3.34. The quantitative estimate of drug-likeness (QED) is 0.436. The lowest BCUT2D eigenvalue weighted by atomic mass is 10.2. The molecule has 0 unspecified atom stereocenters. The van der Waals surface area contributed by atoms with Gasteiger partial charge in [-0.15, -0.1) is 0 Å². The molecule has 7 heteroatoms. The number of amides is 1. The molecule has 0 aliphatic carbocycles. The number of ether oxygens (including phenoxy) is 1. The van der Waals surface area contributed by atoms with Gasteiger partial charge in [-0.2, -0.15) is 0 Å². The Kier molecular flexibility index (Phi) is 6.54. The second-order valence-electron chi connectivity index (χ2n) is 7.01. The first-order valence-corrected chi connectivity index (χ1v) is 10.1. The van der Waals surface area contributed by atoms with Crippen molar-refractivity contribution in [3.05, 3.63) is 73.0 Å². The Balaban J connectivity index is 1.61. The van der Waals surface area contributed by atoms with E-state index in [0.29, 0.717) is 37.7 Å². The summed E-state index contributed by atoms with van der Waals surface area (Å²) in [5, 5.41) is 3.85. The van der Waals surface area contributed by atoms with Crippen LogP contribution in [-0.4, -0.2) is 42.7 Å². The third-order valence-corrected chi connectivity index (χ3v) is 4.86. The number of hydrogen-bond donors (Lipinski definition) is 1. The van der Waals surface area contributed by atoms with E-state index in [1.807, 2.05) is 66.7 Å². The monoisotopic (exact) mass is 416 g/mol. The lowest BCUT2D eigenvalue weighted by Crippen LogP contribution is -2.32. The van der Waals surface area contributed by atoms with Crippen molar-refractivity contribution < 1.29 is 13.9 Å². The molecule has 4 aromatic rings.